The SMILES string of the molecule is O=C(Nc1ccc(S(=O)(=O)NCc2ccco2)cc1)c1cccc(OCCOc2ccccc2)c1. The maximum atomic E-state index is 12.7. The molecule has 0 aliphatic heterocycles. The molecule has 9 heteroatoms. The van der Waals surface area contributed by atoms with Crippen molar-refractivity contribution in [1.29, 1.82) is 0 Å². The maximum Gasteiger partial charge on any atom is 0.255 e. The number of carbonyl (C=O) groups is 1. The molecule has 1 aromatic heterocycles. The Labute approximate surface area is 203 Å². The van der Waals surface area contributed by atoms with Gasteiger partial charge in [-0.2, -0.15) is 0 Å². The third kappa shape index (κ3) is 6.95. The Morgan fingerprint density at radius 3 is 2.23 bits per heavy atom. The van der Waals surface area contributed by atoms with Crippen molar-refractivity contribution in [2.24, 2.45) is 0 Å². The van der Waals surface area contributed by atoms with Crippen molar-refractivity contribution in [3.05, 3.63) is 109 Å². The second kappa shape index (κ2) is 11.4. The number of para-hydroxylation sites is 1. The summed E-state index contributed by atoms with van der Waals surface area (Å²) in [5, 5.41) is 2.76. The number of hydrogen-bond donors (Lipinski definition) is 2. The second-order valence-corrected chi connectivity index (χ2v) is 9.19. The van der Waals surface area contributed by atoms with Crippen LogP contribution < -0.4 is 19.5 Å². The molecule has 3 aromatic carbocycles. The third-order valence-electron chi connectivity index (χ3n) is 4.90. The monoisotopic (exact) mass is 492 g/mol. The number of ether oxygens (including phenoxy) is 2. The van der Waals surface area contributed by atoms with E-state index in [1.165, 1.54) is 30.5 Å². The summed E-state index contributed by atoms with van der Waals surface area (Å²) in [4.78, 5) is 12.7. The van der Waals surface area contributed by atoms with Crippen LogP contribution in [0.15, 0.2) is 107 Å². The molecule has 0 spiro atoms. The summed E-state index contributed by atoms with van der Waals surface area (Å²) in [7, 11) is -3.72. The number of rotatable bonds is 11. The lowest BCUT2D eigenvalue weighted by Gasteiger charge is -2.10. The molecular weight excluding hydrogens is 468 g/mol. The van der Waals surface area contributed by atoms with Crippen molar-refractivity contribution in [3.63, 3.8) is 0 Å². The zero-order valence-electron chi connectivity index (χ0n) is 18.7. The predicted molar refractivity (Wildman–Crippen MR) is 131 cm³/mol. The first-order valence-corrected chi connectivity index (χ1v) is 12.3. The van der Waals surface area contributed by atoms with E-state index in [9.17, 15) is 13.2 Å². The van der Waals surface area contributed by atoms with Gasteiger partial charge in [-0.25, -0.2) is 13.1 Å². The summed E-state index contributed by atoms with van der Waals surface area (Å²) in [5.74, 6) is 1.46. The molecule has 8 nitrogen and oxygen atoms in total. The number of furan rings is 1. The van der Waals surface area contributed by atoms with Gasteiger partial charge in [0.15, 0.2) is 0 Å². The maximum absolute atomic E-state index is 12.7. The molecule has 35 heavy (non-hydrogen) atoms. The Bertz CT molecular complexity index is 1340. The van der Waals surface area contributed by atoms with Crippen molar-refractivity contribution < 1.29 is 27.1 Å². The lowest BCUT2D eigenvalue weighted by molar-refractivity contribution is 0.102. The molecule has 1 amide bonds. The minimum atomic E-state index is -3.72. The molecule has 2 N–H and O–H groups in total. The molecule has 180 valence electrons. The quantitative estimate of drug-likeness (QED) is 0.299. The molecule has 0 radical (unpaired) electrons. The largest absolute Gasteiger partial charge is 0.490 e. The molecule has 1 heterocycles. The summed E-state index contributed by atoms with van der Waals surface area (Å²) < 4.78 is 43.8. The van der Waals surface area contributed by atoms with Crippen LogP contribution >= 0.6 is 0 Å². The fourth-order valence-electron chi connectivity index (χ4n) is 3.15. The summed E-state index contributed by atoms with van der Waals surface area (Å²) in [5.41, 5.74) is 0.867. The van der Waals surface area contributed by atoms with Gasteiger partial charge in [0, 0.05) is 11.3 Å². The van der Waals surface area contributed by atoms with Crippen LogP contribution in [0, 0.1) is 0 Å². The molecular formula is C26H24N2O6S. The van der Waals surface area contributed by atoms with E-state index in [1.807, 2.05) is 30.3 Å². The van der Waals surface area contributed by atoms with Gasteiger partial charge in [-0.05, 0) is 66.7 Å². The van der Waals surface area contributed by atoms with Gasteiger partial charge in [-0.3, -0.25) is 4.79 Å². The summed E-state index contributed by atoms with van der Waals surface area (Å²) in [6.45, 7) is 0.737. The van der Waals surface area contributed by atoms with Crippen LogP contribution in [-0.4, -0.2) is 27.5 Å². The smallest absolute Gasteiger partial charge is 0.255 e. The highest BCUT2D eigenvalue weighted by molar-refractivity contribution is 7.89. The molecule has 0 aliphatic carbocycles. The molecule has 4 rings (SSSR count). The molecule has 0 atom stereocenters. The minimum absolute atomic E-state index is 0.0462. The Kier molecular flexibility index (Phi) is 7.81. The number of hydrogen-bond acceptors (Lipinski definition) is 6. The minimum Gasteiger partial charge on any atom is -0.490 e. The van der Waals surface area contributed by atoms with E-state index < -0.39 is 10.0 Å². The zero-order valence-corrected chi connectivity index (χ0v) is 19.5. The lowest BCUT2D eigenvalue weighted by Crippen LogP contribution is -2.23. The van der Waals surface area contributed by atoms with E-state index in [0.29, 0.717) is 36.0 Å². The normalized spacial score (nSPS) is 11.1. The van der Waals surface area contributed by atoms with Gasteiger partial charge in [0.2, 0.25) is 10.0 Å². The average Bonchev–Trinajstić information content (AvgIpc) is 3.41. The molecule has 0 bridgehead atoms. The van der Waals surface area contributed by atoms with Crippen molar-refractivity contribution in [2.45, 2.75) is 11.4 Å². The number of nitrogens with one attached hydrogen (secondary N) is 2. The first-order valence-electron chi connectivity index (χ1n) is 10.8. The molecule has 0 aliphatic rings. The van der Waals surface area contributed by atoms with Crippen molar-refractivity contribution in [2.75, 3.05) is 18.5 Å². The van der Waals surface area contributed by atoms with Gasteiger partial charge in [0.25, 0.3) is 5.91 Å². The van der Waals surface area contributed by atoms with Crippen LogP contribution in [0.4, 0.5) is 5.69 Å². The molecule has 0 saturated heterocycles. The van der Waals surface area contributed by atoms with Crippen molar-refractivity contribution >= 4 is 21.6 Å². The molecule has 0 fully saturated rings. The van der Waals surface area contributed by atoms with Crippen LogP contribution in [0.1, 0.15) is 16.1 Å². The predicted octanol–water partition coefficient (Wildman–Crippen LogP) is 4.47. The summed E-state index contributed by atoms with van der Waals surface area (Å²) in [6, 6.07) is 25.5. The topological polar surface area (TPSA) is 107 Å². The number of anilines is 1. The lowest BCUT2D eigenvalue weighted by atomic mass is 10.2. The van der Waals surface area contributed by atoms with Gasteiger partial charge in [-0.15, -0.1) is 0 Å². The van der Waals surface area contributed by atoms with Crippen LogP contribution in [0.25, 0.3) is 0 Å². The van der Waals surface area contributed by atoms with E-state index in [4.69, 9.17) is 13.9 Å². The fourth-order valence-corrected chi connectivity index (χ4v) is 4.14. The van der Waals surface area contributed by atoms with Gasteiger partial charge in [0.1, 0.15) is 30.5 Å². The van der Waals surface area contributed by atoms with Crippen LogP contribution in [0.3, 0.4) is 0 Å². The number of carbonyl (C=O) groups excluding carboxylic acids is 1. The molecule has 0 unspecified atom stereocenters. The Balaban J connectivity index is 1.29. The van der Waals surface area contributed by atoms with E-state index in [-0.39, 0.29) is 17.3 Å². The number of benzene rings is 3. The Hall–Kier alpha value is -4.08. The van der Waals surface area contributed by atoms with E-state index in [1.54, 1.807) is 36.4 Å². The van der Waals surface area contributed by atoms with Crippen LogP contribution in [-0.2, 0) is 16.6 Å². The van der Waals surface area contributed by atoms with E-state index >= 15 is 0 Å². The zero-order chi connectivity index (χ0) is 24.5. The highest BCUT2D eigenvalue weighted by atomic mass is 32.2. The third-order valence-corrected chi connectivity index (χ3v) is 6.32. The highest BCUT2D eigenvalue weighted by Crippen LogP contribution is 2.18. The summed E-state index contributed by atoms with van der Waals surface area (Å²) >= 11 is 0. The van der Waals surface area contributed by atoms with Gasteiger partial charge >= 0.3 is 0 Å². The van der Waals surface area contributed by atoms with E-state index in [2.05, 4.69) is 10.0 Å². The van der Waals surface area contributed by atoms with Crippen molar-refractivity contribution in [3.8, 4) is 11.5 Å². The standard InChI is InChI=1S/C26H24N2O6S/c29-26(20-6-4-9-23(18-20)34-17-16-33-22-7-2-1-3-8-22)28-21-11-13-25(14-12-21)35(30,31)27-19-24-10-5-15-32-24/h1-15,18,27H,16-17,19H2,(H,28,29). The van der Waals surface area contributed by atoms with Gasteiger partial charge in [0.05, 0.1) is 17.7 Å². The molecule has 0 saturated carbocycles. The number of amides is 1. The first kappa shape index (κ1) is 24.1. The highest BCUT2D eigenvalue weighted by Gasteiger charge is 2.15. The van der Waals surface area contributed by atoms with Crippen LogP contribution in [0.5, 0.6) is 11.5 Å². The van der Waals surface area contributed by atoms with Gasteiger partial charge in [-0.1, -0.05) is 24.3 Å². The van der Waals surface area contributed by atoms with Crippen molar-refractivity contribution in [1.82, 2.24) is 4.72 Å². The van der Waals surface area contributed by atoms with Crippen LogP contribution in [0.2, 0.25) is 0 Å². The number of sulfonamides is 1. The van der Waals surface area contributed by atoms with E-state index in [0.717, 1.165) is 5.75 Å². The summed E-state index contributed by atoms with van der Waals surface area (Å²) in [6.07, 6.45) is 1.48. The van der Waals surface area contributed by atoms with Gasteiger partial charge < -0.3 is 19.2 Å². The average molecular weight is 493 g/mol. The molecule has 4 aromatic rings. The Morgan fingerprint density at radius 1 is 0.800 bits per heavy atom. The second-order valence-electron chi connectivity index (χ2n) is 7.42. The first-order chi connectivity index (χ1) is 17.0. The Morgan fingerprint density at radius 2 is 1.51 bits per heavy atom. The fraction of sp³-hybridized carbons (Fsp3) is 0.115.